The first kappa shape index (κ1) is 22.0. The zero-order valence-electron chi connectivity index (χ0n) is 14.8. The molecule has 0 aliphatic carbocycles. The minimum atomic E-state index is 0. The molecule has 0 aliphatic rings. The van der Waals surface area contributed by atoms with Crippen molar-refractivity contribution in [3.63, 3.8) is 0 Å². The van der Waals surface area contributed by atoms with Crippen LogP contribution in [0, 0.1) is 0 Å². The highest BCUT2D eigenvalue weighted by molar-refractivity contribution is 14.0. The van der Waals surface area contributed by atoms with E-state index in [-0.39, 0.29) is 30.0 Å². The average Bonchev–Trinajstić information content (AvgIpc) is 3.00. The van der Waals surface area contributed by atoms with Crippen LogP contribution >= 0.6 is 24.0 Å². The highest BCUT2D eigenvalue weighted by Crippen LogP contribution is 2.18. The Bertz CT molecular complexity index is 445. The van der Waals surface area contributed by atoms with Crippen molar-refractivity contribution in [3.8, 4) is 0 Å². The van der Waals surface area contributed by atoms with Crippen molar-refractivity contribution in [2.24, 2.45) is 4.99 Å². The van der Waals surface area contributed by atoms with Gasteiger partial charge >= 0.3 is 0 Å². The van der Waals surface area contributed by atoms with E-state index in [0.29, 0.717) is 6.54 Å². The summed E-state index contributed by atoms with van der Waals surface area (Å²) in [5.74, 6) is 1.88. The number of likely N-dealkylation sites (N-methyl/N-ethyl adjacent to an activating group) is 1. The van der Waals surface area contributed by atoms with Crippen LogP contribution in [0.1, 0.15) is 31.6 Å². The molecule has 0 radical (unpaired) electrons. The fourth-order valence-electron chi connectivity index (χ4n) is 2.21. The van der Waals surface area contributed by atoms with Gasteiger partial charge in [0, 0.05) is 20.1 Å². The van der Waals surface area contributed by atoms with Crippen LogP contribution in [0.15, 0.2) is 40.5 Å². The van der Waals surface area contributed by atoms with E-state index in [1.165, 1.54) is 0 Å². The molecule has 1 aromatic rings. The molecule has 0 fully saturated rings. The number of nitrogens with one attached hydrogen (secondary N) is 1. The molecule has 132 valence electrons. The number of unbranched alkanes of at least 4 members (excludes halogenated alkanes) is 1. The van der Waals surface area contributed by atoms with Crippen molar-refractivity contribution >= 4 is 29.9 Å². The van der Waals surface area contributed by atoms with Crippen molar-refractivity contribution < 1.29 is 4.42 Å². The summed E-state index contributed by atoms with van der Waals surface area (Å²) in [5, 5.41) is 3.35. The normalized spacial score (nSPS) is 12.7. The Balaban J connectivity index is 0.00000484. The molecule has 0 amide bonds. The molecule has 0 bridgehead atoms. The molecule has 23 heavy (non-hydrogen) atoms. The third-order valence-electron chi connectivity index (χ3n) is 3.51. The van der Waals surface area contributed by atoms with Gasteiger partial charge < -0.3 is 14.6 Å². The molecule has 0 spiro atoms. The molecule has 1 unspecified atom stereocenters. The van der Waals surface area contributed by atoms with Crippen LogP contribution in [0.4, 0.5) is 0 Å². The highest BCUT2D eigenvalue weighted by atomic mass is 127. The van der Waals surface area contributed by atoms with Gasteiger partial charge in [-0.15, -0.1) is 30.6 Å². The number of allylic oxidation sites excluding steroid dienone is 1. The number of furan rings is 1. The molecular formula is C17H31IN4O. The molecule has 6 heteroatoms. The van der Waals surface area contributed by atoms with Crippen molar-refractivity contribution in [2.45, 2.75) is 25.8 Å². The molecule has 1 heterocycles. The Morgan fingerprint density at radius 2 is 2.17 bits per heavy atom. The standard InChI is InChI=1S/C17H30N4O.HI/c1-6-8-9-12-21(5)17(18-7-2)19-14-15(20(3)4)16-11-10-13-22-16;/h6,10-11,13,15H,1,7-9,12,14H2,2-5H3,(H,18,19);1H. The maximum Gasteiger partial charge on any atom is 0.193 e. The Kier molecular flexibility index (Phi) is 11.9. The summed E-state index contributed by atoms with van der Waals surface area (Å²) in [6.07, 6.45) is 5.77. The van der Waals surface area contributed by atoms with Gasteiger partial charge in [-0.25, -0.2) is 0 Å². The van der Waals surface area contributed by atoms with Crippen LogP contribution in [-0.4, -0.2) is 56.5 Å². The first-order valence-electron chi connectivity index (χ1n) is 7.90. The first-order chi connectivity index (χ1) is 10.6. The van der Waals surface area contributed by atoms with Gasteiger partial charge in [-0.05, 0) is 46.0 Å². The Hall–Kier alpha value is -1.02. The van der Waals surface area contributed by atoms with Crippen molar-refractivity contribution in [1.29, 1.82) is 0 Å². The Labute approximate surface area is 157 Å². The second-order valence-corrected chi connectivity index (χ2v) is 5.54. The first-order valence-corrected chi connectivity index (χ1v) is 7.90. The van der Waals surface area contributed by atoms with Crippen molar-refractivity contribution in [2.75, 3.05) is 40.8 Å². The van der Waals surface area contributed by atoms with E-state index in [4.69, 9.17) is 9.41 Å². The topological polar surface area (TPSA) is 44.0 Å². The maximum atomic E-state index is 5.53. The van der Waals surface area contributed by atoms with E-state index in [0.717, 1.165) is 37.7 Å². The van der Waals surface area contributed by atoms with Gasteiger partial charge in [0.15, 0.2) is 5.96 Å². The Morgan fingerprint density at radius 3 is 2.70 bits per heavy atom. The van der Waals surface area contributed by atoms with Gasteiger partial charge in [0.05, 0.1) is 18.8 Å². The highest BCUT2D eigenvalue weighted by Gasteiger charge is 2.17. The zero-order chi connectivity index (χ0) is 16.4. The van der Waals surface area contributed by atoms with E-state index in [2.05, 4.69) is 35.7 Å². The third-order valence-corrected chi connectivity index (χ3v) is 3.51. The van der Waals surface area contributed by atoms with Crippen molar-refractivity contribution in [1.82, 2.24) is 15.1 Å². The number of hydrogen-bond acceptors (Lipinski definition) is 3. The molecule has 1 rings (SSSR count). The SMILES string of the molecule is C=CCCCN(C)C(=NCC(c1ccco1)N(C)C)NCC.I. The summed E-state index contributed by atoms with van der Waals surface area (Å²) in [6.45, 7) is 8.34. The summed E-state index contributed by atoms with van der Waals surface area (Å²) < 4.78 is 5.53. The maximum absolute atomic E-state index is 5.53. The lowest BCUT2D eigenvalue weighted by Gasteiger charge is -2.24. The smallest absolute Gasteiger partial charge is 0.193 e. The number of halogens is 1. The van der Waals surface area contributed by atoms with Crippen LogP contribution in [0.5, 0.6) is 0 Å². The lowest BCUT2D eigenvalue weighted by Crippen LogP contribution is -2.40. The molecule has 5 nitrogen and oxygen atoms in total. The molecule has 0 saturated heterocycles. The second kappa shape index (κ2) is 12.4. The lowest BCUT2D eigenvalue weighted by molar-refractivity contribution is 0.264. The van der Waals surface area contributed by atoms with Crippen LogP contribution < -0.4 is 5.32 Å². The molecule has 1 N–H and O–H groups in total. The lowest BCUT2D eigenvalue weighted by atomic mass is 10.2. The Morgan fingerprint density at radius 1 is 1.43 bits per heavy atom. The van der Waals surface area contributed by atoms with E-state index >= 15 is 0 Å². The van der Waals surface area contributed by atoms with Gasteiger partial charge in [-0.1, -0.05) is 6.08 Å². The predicted molar refractivity (Wildman–Crippen MR) is 109 cm³/mol. The number of rotatable bonds is 9. The monoisotopic (exact) mass is 434 g/mol. The molecule has 0 aliphatic heterocycles. The fraction of sp³-hybridized carbons (Fsp3) is 0.588. The molecule has 0 saturated carbocycles. The minimum absolute atomic E-state index is 0. The van der Waals surface area contributed by atoms with Gasteiger partial charge in [-0.3, -0.25) is 9.89 Å². The van der Waals surface area contributed by atoms with Gasteiger partial charge in [0.2, 0.25) is 0 Å². The van der Waals surface area contributed by atoms with Crippen molar-refractivity contribution in [3.05, 3.63) is 36.8 Å². The number of nitrogens with zero attached hydrogens (tertiary/aromatic N) is 3. The molecular weight excluding hydrogens is 403 g/mol. The zero-order valence-corrected chi connectivity index (χ0v) is 17.1. The van der Waals surface area contributed by atoms with E-state index in [1.54, 1.807) is 6.26 Å². The number of hydrogen-bond donors (Lipinski definition) is 1. The molecule has 1 atom stereocenters. The van der Waals surface area contributed by atoms with E-state index in [1.807, 2.05) is 32.3 Å². The van der Waals surface area contributed by atoms with Crippen LogP contribution in [-0.2, 0) is 0 Å². The third kappa shape index (κ3) is 7.87. The summed E-state index contributed by atoms with van der Waals surface area (Å²) in [4.78, 5) is 9.07. The summed E-state index contributed by atoms with van der Waals surface area (Å²) in [6, 6.07) is 4.06. The van der Waals surface area contributed by atoms with Crippen LogP contribution in [0.2, 0.25) is 0 Å². The second-order valence-electron chi connectivity index (χ2n) is 5.54. The average molecular weight is 434 g/mol. The number of guanidine groups is 1. The fourth-order valence-corrected chi connectivity index (χ4v) is 2.21. The van der Waals surface area contributed by atoms with Gasteiger partial charge in [0.25, 0.3) is 0 Å². The largest absolute Gasteiger partial charge is 0.468 e. The summed E-state index contributed by atoms with van der Waals surface area (Å²) >= 11 is 0. The van der Waals surface area contributed by atoms with Crippen LogP contribution in [0.3, 0.4) is 0 Å². The summed E-state index contributed by atoms with van der Waals surface area (Å²) in [7, 11) is 6.16. The van der Waals surface area contributed by atoms with Gasteiger partial charge in [0.1, 0.15) is 5.76 Å². The minimum Gasteiger partial charge on any atom is -0.468 e. The quantitative estimate of drug-likeness (QED) is 0.213. The van der Waals surface area contributed by atoms with E-state index < -0.39 is 0 Å². The molecule has 0 aromatic carbocycles. The summed E-state index contributed by atoms with van der Waals surface area (Å²) in [5.41, 5.74) is 0. The number of aliphatic imine (C=N–C) groups is 1. The van der Waals surface area contributed by atoms with Crippen LogP contribution in [0.25, 0.3) is 0 Å². The van der Waals surface area contributed by atoms with E-state index in [9.17, 15) is 0 Å². The molecule has 1 aromatic heterocycles. The predicted octanol–water partition coefficient (Wildman–Crippen LogP) is 3.36. The van der Waals surface area contributed by atoms with Gasteiger partial charge in [-0.2, -0.15) is 0 Å².